The molecule has 0 fully saturated rings. The van der Waals surface area contributed by atoms with Crippen LogP contribution in [0.1, 0.15) is 36.8 Å². The lowest BCUT2D eigenvalue weighted by Gasteiger charge is -2.09. The zero-order valence-electron chi connectivity index (χ0n) is 13.4. The molecular formula is C18H23N3O. The van der Waals surface area contributed by atoms with E-state index in [-0.39, 0.29) is 5.91 Å². The van der Waals surface area contributed by atoms with E-state index in [1.807, 2.05) is 18.2 Å². The molecule has 0 aliphatic carbocycles. The van der Waals surface area contributed by atoms with E-state index in [2.05, 4.69) is 48.5 Å². The van der Waals surface area contributed by atoms with E-state index in [0.29, 0.717) is 18.2 Å². The lowest BCUT2D eigenvalue weighted by molar-refractivity contribution is 0.0944. The summed E-state index contributed by atoms with van der Waals surface area (Å²) >= 11 is 0. The molecule has 0 unspecified atom stereocenters. The van der Waals surface area contributed by atoms with Crippen LogP contribution in [-0.2, 0) is 6.42 Å². The number of anilines is 2. The first-order valence-corrected chi connectivity index (χ1v) is 7.68. The predicted molar refractivity (Wildman–Crippen MR) is 90.5 cm³/mol. The van der Waals surface area contributed by atoms with Crippen LogP contribution in [0.3, 0.4) is 0 Å². The van der Waals surface area contributed by atoms with Crippen LogP contribution < -0.4 is 10.6 Å². The Morgan fingerprint density at radius 2 is 1.77 bits per heavy atom. The quantitative estimate of drug-likeness (QED) is 0.853. The normalized spacial score (nSPS) is 10.5. The molecule has 4 nitrogen and oxygen atoms in total. The number of carbonyl (C=O) groups is 1. The first kappa shape index (κ1) is 16.0. The third-order valence-corrected chi connectivity index (χ3v) is 3.32. The lowest BCUT2D eigenvalue weighted by Crippen LogP contribution is -2.27. The van der Waals surface area contributed by atoms with Crippen molar-refractivity contribution in [2.45, 2.75) is 27.2 Å². The summed E-state index contributed by atoms with van der Waals surface area (Å²) in [5, 5.41) is 6.14. The highest BCUT2D eigenvalue weighted by molar-refractivity contribution is 5.92. The largest absolute Gasteiger partial charge is 0.354 e. The van der Waals surface area contributed by atoms with E-state index in [0.717, 1.165) is 17.8 Å². The summed E-state index contributed by atoms with van der Waals surface area (Å²) in [5.41, 5.74) is 3.62. The number of nitrogens with one attached hydrogen (secondary N) is 2. The number of nitrogens with zero attached hydrogens (tertiary/aromatic N) is 1. The Hall–Kier alpha value is -2.36. The molecule has 0 radical (unpaired) electrons. The van der Waals surface area contributed by atoms with Crippen LogP contribution in [0.15, 0.2) is 42.6 Å². The van der Waals surface area contributed by atoms with Gasteiger partial charge in [-0.3, -0.25) is 4.79 Å². The summed E-state index contributed by atoms with van der Waals surface area (Å²) in [6.45, 7) is 6.91. The third kappa shape index (κ3) is 4.58. The van der Waals surface area contributed by atoms with Gasteiger partial charge in [0.15, 0.2) is 0 Å². The molecule has 2 rings (SSSR count). The van der Waals surface area contributed by atoms with Gasteiger partial charge in [0.05, 0.1) is 11.9 Å². The van der Waals surface area contributed by atoms with Crippen LogP contribution in [0.2, 0.25) is 0 Å². The average Bonchev–Trinajstić information content (AvgIpc) is 2.54. The van der Waals surface area contributed by atoms with E-state index in [1.54, 1.807) is 12.3 Å². The number of rotatable bonds is 6. The average molecular weight is 297 g/mol. The van der Waals surface area contributed by atoms with Gasteiger partial charge >= 0.3 is 0 Å². The van der Waals surface area contributed by atoms with Crippen molar-refractivity contribution in [3.05, 3.63) is 53.9 Å². The summed E-state index contributed by atoms with van der Waals surface area (Å²) < 4.78 is 0. The number of benzene rings is 1. The molecule has 0 spiro atoms. The number of hydrogen-bond acceptors (Lipinski definition) is 3. The topological polar surface area (TPSA) is 54.0 Å². The fourth-order valence-electron chi connectivity index (χ4n) is 1.98. The molecule has 0 atom stereocenters. The zero-order chi connectivity index (χ0) is 15.9. The van der Waals surface area contributed by atoms with E-state index in [4.69, 9.17) is 0 Å². The molecule has 116 valence electrons. The summed E-state index contributed by atoms with van der Waals surface area (Å²) in [5.74, 6) is 0.295. The van der Waals surface area contributed by atoms with Gasteiger partial charge in [-0.15, -0.1) is 0 Å². The fourth-order valence-corrected chi connectivity index (χ4v) is 1.98. The minimum absolute atomic E-state index is 0.132. The zero-order valence-corrected chi connectivity index (χ0v) is 13.4. The maximum Gasteiger partial charge on any atom is 0.269 e. The Balaban J connectivity index is 1.97. The van der Waals surface area contributed by atoms with Gasteiger partial charge in [0, 0.05) is 12.2 Å². The predicted octanol–water partition coefficient (Wildman–Crippen LogP) is 3.77. The number of hydrogen-bond donors (Lipinski definition) is 2. The summed E-state index contributed by atoms with van der Waals surface area (Å²) in [6, 6.07) is 11.9. The second-order valence-electron chi connectivity index (χ2n) is 5.71. The maximum absolute atomic E-state index is 11.9. The minimum Gasteiger partial charge on any atom is -0.354 e. The number of amides is 1. The highest BCUT2D eigenvalue weighted by Gasteiger charge is 2.07. The molecule has 0 saturated heterocycles. The molecule has 2 aromatic rings. The molecule has 0 aliphatic rings. The van der Waals surface area contributed by atoms with Gasteiger partial charge in [0.2, 0.25) is 0 Å². The highest BCUT2D eigenvalue weighted by Crippen LogP contribution is 2.16. The minimum atomic E-state index is -0.132. The van der Waals surface area contributed by atoms with Crippen molar-refractivity contribution in [1.29, 1.82) is 0 Å². The molecular weight excluding hydrogens is 274 g/mol. The summed E-state index contributed by atoms with van der Waals surface area (Å²) in [4.78, 5) is 16.1. The maximum atomic E-state index is 11.9. The van der Waals surface area contributed by atoms with Crippen molar-refractivity contribution in [3.8, 4) is 0 Å². The number of aryl methyl sites for hydroxylation is 1. The smallest absolute Gasteiger partial charge is 0.269 e. The SMILES string of the molecule is CCc1ccc(Nc2ccc(C(=O)NCC(C)C)nc2)cc1. The molecule has 2 N–H and O–H groups in total. The Kier molecular flexibility index (Phi) is 5.53. The third-order valence-electron chi connectivity index (χ3n) is 3.32. The van der Waals surface area contributed by atoms with Gasteiger partial charge in [0.1, 0.15) is 5.69 Å². The van der Waals surface area contributed by atoms with Crippen LogP contribution in [0, 0.1) is 5.92 Å². The Morgan fingerprint density at radius 1 is 1.09 bits per heavy atom. The van der Waals surface area contributed by atoms with E-state index < -0.39 is 0 Å². The lowest BCUT2D eigenvalue weighted by atomic mass is 10.1. The monoisotopic (exact) mass is 297 g/mol. The molecule has 0 aliphatic heterocycles. The Morgan fingerprint density at radius 3 is 2.32 bits per heavy atom. The first-order chi connectivity index (χ1) is 10.6. The van der Waals surface area contributed by atoms with E-state index in [9.17, 15) is 4.79 Å². The van der Waals surface area contributed by atoms with Gasteiger partial charge in [-0.1, -0.05) is 32.9 Å². The van der Waals surface area contributed by atoms with Crippen LogP contribution in [0.4, 0.5) is 11.4 Å². The highest BCUT2D eigenvalue weighted by atomic mass is 16.1. The summed E-state index contributed by atoms with van der Waals surface area (Å²) in [6.07, 6.45) is 2.71. The number of aromatic nitrogens is 1. The van der Waals surface area contributed by atoms with Crippen LogP contribution in [-0.4, -0.2) is 17.4 Å². The second-order valence-corrected chi connectivity index (χ2v) is 5.71. The second kappa shape index (κ2) is 7.59. The molecule has 1 aromatic carbocycles. The molecule has 4 heteroatoms. The molecule has 1 heterocycles. The van der Waals surface area contributed by atoms with Crippen molar-refractivity contribution < 1.29 is 4.79 Å². The van der Waals surface area contributed by atoms with E-state index >= 15 is 0 Å². The Labute approximate surface area is 132 Å². The van der Waals surface area contributed by atoms with Crippen molar-refractivity contribution in [1.82, 2.24) is 10.3 Å². The fraction of sp³-hybridized carbons (Fsp3) is 0.333. The van der Waals surface area contributed by atoms with Gasteiger partial charge in [-0.05, 0) is 42.2 Å². The Bertz CT molecular complexity index is 603. The number of carbonyl (C=O) groups excluding carboxylic acids is 1. The van der Waals surface area contributed by atoms with Crippen molar-refractivity contribution in [2.75, 3.05) is 11.9 Å². The van der Waals surface area contributed by atoms with Gasteiger partial charge in [-0.25, -0.2) is 4.98 Å². The van der Waals surface area contributed by atoms with Crippen LogP contribution >= 0.6 is 0 Å². The van der Waals surface area contributed by atoms with Crippen LogP contribution in [0.5, 0.6) is 0 Å². The van der Waals surface area contributed by atoms with Gasteiger partial charge < -0.3 is 10.6 Å². The van der Waals surface area contributed by atoms with Gasteiger partial charge in [0.25, 0.3) is 5.91 Å². The molecule has 0 saturated carbocycles. The first-order valence-electron chi connectivity index (χ1n) is 7.68. The van der Waals surface area contributed by atoms with Gasteiger partial charge in [-0.2, -0.15) is 0 Å². The van der Waals surface area contributed by atoms with Crippen molar-refractivity contribution >= 4 is 17.3 Å². The summed E-state index contributed by atoms with van der Waals surface area (Å²) in [7, 11) is 0. The number of pyridine rings is 1. The molecule has 0 bridgehead atoms. The van der Waals surface area contributed by atoms with Crippen molar-refractivity contribution in [3.63, 3.8) is 0 Å². The molecule has 1 amide bonds. The van der Waals surface area contributed by atoms with Crippen LogP contribution in [0.25, 0.3) is 0 Å². The molecule has 1 aromatic heterocycles. The van der Waals surface area contributed by atoms with Crippen molar-refractivity contribution in [2.24, 2.45) is 5.92 Å². The standard InChI is InChI=1S/C18H23N3O/c1-4-14-5-7-15(8-6-14)21-16-9-10-17(19-12-16)18(22)20-11-13(2)3/h5-10,12-13,21H,4,11H2,1-3H3,(H,20,22). The van der Waals surface area contributed by atoms with E-state index in [1.165, 1.54) is 5.56 Å². The molecule has 22 heavy (non-hydrogen) atoms.